The normalized spacial score (nSPS) is 10.7. The Bertz CT molecular complexity index is 1130. The Kier molecular flexibility index (Phi) is 9.80. The molecule has 0 aliphatic heterocycles. The lowest BCUT2D eigenvalue weighted by Crippen LogP contribution is -2.41. The van der Waals surface area contributed by atoms with E-state index in [1.165, 1.54) is 55.6 Å². The molecule has 0 aromatic heterocycles. The highest BCUT2D eigenvalue weighted by molar-refractivity contribution is 5.97. The van der Waals surface area contributed by atoms with Gasteiger partial charge in [-0.15, -0.1) is 0 Å². The molecule has 190 valence electrons. The molecule has 8 heteroatoms. The predicted octanol–water partition coefficient (Wildman–Crippen LogP) is 5.79. The van der Waals surface area contributed by atoms with Crippen LogP contribution in [-0.2, 0) is 0 Å². The van der Waals surface area contributed by atoms with Gasteiger partial charge in [0.15, 0.2) is 11.5 Å². The molecule has 3 aromatic rings. The van der Waals surface area contributed by atoms with Crippen LogP contribution in [0.1, 0.15) is 65.1 Å². The Balaban J connectivity index is 1.89. The van der Waals surface area contributed by atoms with Crippen molar-refractivity contribution in [3.8, 4) is 11.5 Å². The summed E-state index contributed by atoms with van der Waals surface area (Å²) in [7, 11) is 1.51. The van der Waals surface area contributed by atoms with Crippen molar-refractivity contribution in [2.75, 3.05) is 13.7 Å². The summed E-state index contributed by atoms with van der Waals surface area (Å²) in [4.78, 5) is 25.8. The summed E-state index contributed by atoms with van der Waals surface area (Å²) in [5.74, 6) is -2.00. The molecule has 0 radical (unpaired) electrons. The molecule has 0 unspecified atom stereocenters. The van der Waals surface area contributed by atoms with E-state index in [-0.39, 0.29) is 11.1 Å². The van der Waals surface area contributed by atoms with Gasteiger partial charge < -0.3 is 20.1 Å². The quantitative estimate of drug-likeness (QED) is 0.246. The number of amides is 2. The molecule has 0 saturated heterocycles. The molecule has 2 N–H and O–H groups in total. The maximum atomic E-state index is 14.2. The summed E-state index contributed by atoms with van der Waals surface area (Å²) >= 11 is 0. The monoisotopic (exact) mass is 496 g/mol. The molecule has 0 atom stereocenters. The molecule has 0 bridgehead atoms. The van der Waals surface area contributed by atoms with E-state index in [9.17, 15) is 18.4 Å². The van der Waals surface area contributed by atoms with E-state index in [1.54, 1.807) is 18.2 Å². The fraction of sp³-hybridized carbons (Fsp3) is 0.286. The van der Waals surface area contributed by atoms with E-state index in [4.69, 9.17) is 9.47 Å². The molecule has 0 aliphatic rings. The van der Waals surface area contributed by atoms with Gasteiger partial charge in [-0.2, -0.15) is 0 Å². The first-order chi connectivity index (χ1) is 17.4. The van der Waals surface area contributed by atoms with Crippen molar-refractivity contribution in [2.24, 2.45) is 0 Å². The number of nitrogens with one attached hydrogen (secondary N) is 2. The molecule has 6 nitrogen and oxygen atoms in total. The van der Waals surface area contributed by atoms with Gasteiger partial charge in [0.2, 0.25) is 0 Å². The third-order valence-electron chi connectivity index (χ3n) is 5.56. The van der Waals surface area contributed by atoms with Crippen LogP contribution >= 0.6 is 0 Å². The summed E-state index contributed by atoms with van der Waals surface area (Å²) in [5.41, 5.74) is 0.0563. The first-order valence-electron chi connectivity index (χ1n) is 11.9. The van der Waals surface area contributed by atoms with E-state index >= 15 is 0 Å². The second kappa shape index (κ2) is 13.2. The summed E-state index contributed by atoms with van der Waals surface area (Å²) in [6, 6.07) is 15.9. The number of methoxy groups -OCH3 is 1. The second-order valence-corrected chi connectivity index (χ2v) is 8.16. The van der Waals surface area contributed by atoms with Crippen LogP contribution in [0, 0.1) is 11.6 Å². The SMILES string of the molecule is CCCCCCOc1cc(C(NC(=O)c2ccccc2F)NC(=O)c2ccccc2F)ccc1OC. The Hall–Kier alpha value is -3.94. The zero-order valence-corrected chi connectivity index (χ0v) is 20.4. The van der Waals surface area contributed by atoms with Gasteiger partial charge in [0.1, 0.15) is 17.8 Å². The van der Waals surface area contributed by atoms with Crippen molar-refractivity contribution < 1.29 is 27.8 Å². The highest BCUT2D eigenvalue weighted by Crippen LogP contribution is 2.30. The van der Waals surface area contributed by atoms with Gasteiger partial charge in [-0.3, -0.25) is 9.59 Å². The summed E-state index contributed by atoms with van der Waals surface area (Å²) in [5, 5.41) is 5.26. The molecule has 0 aliphatic carbocycles. The van der Waals surface area contributed by atoms with Crippen molar-refractivity contribution >= 4 is 11.8 Å². The number of rotatable bonds is 12. The number of hydrogen-bond donors (Lipinski definition) is 2. The fourth-order valence-electron chi connectivity index (χ4n) is 3.61. The first kappa shape index (κ1) is 26.7. The van der Waals surface area contributed by atoms with E-state index in [2.05, 4.69) is 17.6 Å². The van der Waals surface area contributed by atoms with Crippen LogP contribution in [0.25, 0.3) is 0 Å². The molecular weight excluding hydrogens is 466 g/mol. The van der Waals surface area contributed by atoms with E-state index in [0.29, 0.717) is 23.7 Å². The van der Waals surface area contributed by atoms with Gasteiger partial charge in [-0.1, -0.05) is 56.5 Å². The average Bonchev–Trinajstić information content (AvgIpc) is 2.88. The number of hydrogen-bond acceptors (Lipinski definition) is 4. The van der Waals surface area contributed by atoms with Gasteiger partial charge in [0.05, 0.1) is 24.8 Å². The van der Waals surface area contributed by atoms with Crippen molar-refractivity contribution in [3.63, 3.8) is 0 Å². The van der Waals surface area contributed by atoms with E-state index in [1.807, 2.05) is 0 Å². The molecule has 2 amide bonds. The van der Waals surface area contributed by atoms with Crippen molar-refractivity contribution in [1.82, 2.24) is 10.6 Å². The minimum atomic E-state index is -1.11. The highest BCUT2D eigenvalue weighted by atomic mass is 19.1. The van der Waals surface area contributed by atoms with E-state index < -0.39 is 29.6 Å². The van der Waals surface area contributed by atoms with Crippen LogP contribution in [0.2, 0.25) is 0 Å². The van der Waals surface area contributed by atoms with Crippen LogP contribution in [0.3, 0.4) is 0 Å². The Morgan fingerprint density at radius 2 is 1.39 bits per heavy atom. The third kappa shape index (κ3) is 7.04. The zero-order valence-electron chi connectivity index (χ0n) is 20.4. The Labute approximate surface area is 209 Å². The summed E-state index contributed by atoms with van der Waals surface area (Å²) < 4.78 is 39.8. The number of unbranched alkanes of at least 4 members (excludes halogenated alkanes) is 3. The Morgan fingerprint density at radius 3 is 1.92 bits per heavy atom. The van der Waals surface area contributed by atoms with Gasteiger partial charge in [-0.25, -0.2) is 8.78 Å². The third-order valence-corrected chi connectivity index (χ3v) is 5.56. The molecular formula is C28H30F2N2O4. The molecule has 3 aromatic carbocycles. The molecule has 36 heavy (non-hydrogen) atoms. The predicted molar refractivity (Wildman–Crippen MR) is 133 cm³/mol. The number of ether oxygens (including phenoxy) is 2. The number of carbonyl (C=O) groups excluding carboxylic acids is 2. The minimum absolute atomic E-state index is 0.191. The minimum Gasteiger partial charge on any atom is -0.493 e. The molecule has 0 saturated carbocycles. The number of benzene rings is 3. The van der Waals surface area contributed by atoms with Crippen LogP contribution in [0.15, 0.2) is 66.7 Å². The van der Waals surface area contributed by atoms with Crippen molar-refractivity contribution in [3.05, 3.63) is 95.1 Å². The van der Waals surface area contributed by atoms with Gasteiger partial charge in [0.25, 0.3) is 11.8 Å². The maximum absolute atomic E-state index is 14.2. The summed E-state index contributed by atoms with van der Waals surface area (Å²) in [6.45, 7) is 2.59. The molecule has 0 spiro atoms. The van der Waals surface area contributed by atoms with Crippen LogP contribution in [0.5, 0.6) is 11.5 Å². The van der Waals surface area contributed by atoms with Gasteiger partial charge >= 0.3 is 0 Å². The second-order valence-electron chi connectivity index (χ2n) is 8.16. The van der Waals surface area contributed by atoms with Crippen LogP contribution in [-0.4, -0.2) is 25.5 Å². The lowest BCUT2D eigenvalue weighted by molar-refractivity contribution is 0.0879. The number of carbonyl (C=O) groups is 2. The lowest BCUT2D eigenvalue weighted by Gasteiger charge is -2.22. The number of halogens is 2. The lowest BCUT2D eigenvalue weighted by atomic mass is 10.1. The van der Waals surface area contributed by atoms with Crippen molar-refractivity contribution in [2.45, 2.75) is 38.8 Å². The smallest absolute Gasteiger partial charge is 0.256 e. The van der Waals surface area contributed by atoms with Crippen LogP contribution in [0.4, 0.5) is 8.78 Å². The standard InChI is InChI=1S/C28H30F2N2O4/c1-3-4-5-10-17-36-25-18-19(15-16-24(25)35-2)26(31-27(33)20-11-6-8-13-22(20)29)32-28(34)21-12-7-9-14-23(21)30/h6-9,11-16,18,26H,3-5,10,17H2,1-2H3,(H,31,33)(H,32,34). The Morgan fingerprint density at radius 1 is 0.806 bits per heavy atom. The zero-order chi connectivity index (χ0) is 25.9. The van der Waals surface area contributed by atoms with Crippen LogP contribution < -0.4 is 20.1 Å². The van der Waals surface area contributed by atoms with Gasteiger partial charge in [-0.05, 0) is 48.4 Å². The fourth-order valence-corrected chi connectivity index (χ4v) is 3.61. The first-order valence-corrected chi connectivity index (χ1v) is 11.9. The topological polar surface area (TPSA) is 76.7 Å². The average molecular weight is 497 g/mol. The van der Waals surface area contributed by atoms with Gasteiger partial charge in [0, 0.05) is 0 Å². The largest absolute Gasteiger partial charge is 0.493 e. The molecule has 0 fully saturated rings. The maximum Gasteiger partial charge on any atom is 0.256 e. The highest BCUT2D eigenvalue weighted by Gasteiger charge is 2.23. The molecule has 3 rings (SSSR count). The van der Waals surface area contributed by atoms with Crippen molar-refractivity contribution in [1.29, 1.82) is 0 Å². The summed E-state index contributed by atoms with van der Waals surface area (Å²) in [6.07, 6.45) is 2.98. The molecule has 0 heterocycles. The van der Waals surface area contributed by atoms with E-state index in [0.717, 1.165) is 25.7 Å².